The maximum Gasteiger partial charge on any atom is 0.116 e. The summed E-state index contributed by atoms with van der Waals surface area (Å²) in [5.74, 6) is 0. The number of benzene rings is 2. The van der Waals surface area contributed by atoms with Crippen molar-refractivity contribution in [2.24, 2.45) is 0 Å². The number of hydrogen-bond donors (Lipinski definition) is 0. The summed E-state index contributed by atoms with van der Waals surface area (Å²) in [6, 6.07) is 22.3. The van der Waals surface area contributed by atoms with E-state index < -0.39 is 0 Å². The van der Waals surface area contributed by atoms with Crippen LogP contribution in [-0.2, 0) is 0 Å². The summed E-state index contributed by atoms with van der Waals surface area (Å²) in [7, 11) is 0. The molecule has 3 aromatic rings. The molecule has 1 heterocycles. The molecule has 3 rings (SSSR count). The molecule has 0 saturated heterocycles. The lowest BCUT2D eigenvalue weighted by Crippen LogP contribution is -1.86. The van der Waals surface area contributed by atoms with Crippen LogP contribution in [0.2, 0.25) is 0 Å². The van der Waals surface area contributed by atoms with Crippen molar-refractivity contribution in [3.63, 3.8) is 0 Å². The molecule has 106 valence electrons. The average Bonchev–Trinajstić information content (AvgIpc) is 2.60. The van der Waals surface area contributed by atoms with Crippen LogP contribution in [0.3, 0.4) is 0 Å². The van der Waals surface area contributed by atoms with E-state index >= 15 is 0 Å². The van der Waals surface area contributed by atoms with E-state index in [9.17, 15) is 0 Å². The van der Waals surface area contributed by atoms with E-state index in [4.69, 9.17) is 0 Å². The first kappa shape index (κ1) is 14.0. The molecule has 0 amide bonds. The van der Waals surface area contributed by atoms with E-state index in [0.717, 1.165) is 22.5 Å². The minimum Gasteiger partial charge on any atom is -0.237 e. The van der Waals surface area contributed by atoms with Crippen molar-refractivity contribution >= 4 is 24.3 Å². The van der Waals surface area contributed by atoms with E-state index in [2.05, 4.69) is 34.2 Å². The van der Waals surface area contributed by atoms with Gasteiger partial charge in [-0.15, -0.1) is 0 Å². The molecule has 0 unspecified atom stereocenters. The maximum absolute atomic E-state index is 4.28. The fourth-order valence-corrected chi connectivity index (χ4v) is 2.06. The molecule has 0 aliphatic heterocycles. The molecule has 0 radical (unpaired) electrons. The van der Waals surface area contributed by atoms with E-state index in [-0.39, 0.29) is 0 Å². The molecule has 2 heteroatoms. The minimum atomic E-state index is 0.895. The van der Waals surface area contributed by atoms with E-state index in [1.54, 1.807) is 6.33 Å². The Morgan fingerprint density at radius 1 is 0.545 bits per heavy atom. The first-order chi connectivity index (χ1) is 10.9. The second-order valence-electron chi connectivity index (χ2n) is 4.86. The summed E-state index contributed by atoms with van der Waals surface area (Å²) < 4.78 is 0. The highest BCUT2D eigenvalue weighted by Crippen LogP contribution is 2.09. The van der Waals surface area contributed by atoms with Gasteiger partial charge in [0.15, 0.2) is 0 Å². The van der Waals surface area contributed by atoms with Crippen LogP contribution in [0.4, 0.5) is 0 Å². The van der Waals surface area contributed by atoms with Gasteiger partial charge in [-0.25, -0.2) is 9.97 Å². The predicted molar refractivity (Wildman–Crippen MR) is 92.8 cm³/mol. The van der Waals surface area contributed by atoms with Crippen LogP contribution in [0.5, 0.6) is 0 Å². The third-order valence-corrected chi connectivity index (χ3v) is 3.20. The molecular weight excluding hydrogens is 268 g/mol. The van der Waals surface area contributed by atoms with Crippen molar-refractivity contribution in [2.45, 2.75) is 0 Å². The van der Waals surface area contributed by atoms with E-state index in [0.29, 0.717) is 0 Å². The number of aromatic nitrogens is 2. The Morgan fingerprint density at radius 3 is 1.45 bits per heavy atom. The number of nitrogens with zero attached hydrogens (tertiary/aromatic N) is 2. The quantitative estimate of drug-likeness (QED) is 0.686. The second kappa shape index (κ2) is 7.14. The highest BCUT2D eigenvalue weighted by molar-refractivity contribution is 5.71. The Morgan fingerprint density at radius 2 is 1.00 bits per heavy atom. The zero-order chi connectivity index (χ0) is 15.0. The topological polar surface area (TPSA) is 25.8 Å². The van der Waals surface area contributed by atoms with Crippen molar-refractivity contribution < 1.29 is 0 Å². The Kier molecular flexibility index (Phi) is 4.53. The van der Waals surface area contributed by atoms with Gasteiger partial charge in [-0.05, 0) is 29.3 Å². The van der Waals surface area contributed by atoms with Gasteiger partial charge in [0.05, 0.1) is 11.4 Å². The van der Waals surface area contributed by atoms with Gasteiger partial charge < -0.3 is 0 Å². The molecule has 1 aromatic heterocycles. The Hall–Kier alpha value is -3.00. The fraction of sp³-hybridized carbons (Fsp3) is 0. The Labute approximate surface area is 130 Å². The SMILES string of the molecule is C(=Cc1cc(C=Cc2ccccc2)ncn1)c1ccccc1. The van der Waals surface area contributed by atoms with Gasteiger partial charge in [0.1, 0.15) is 6.33 Å². The molecule has 2 nitrogen and oxygen atoms in total. The maximum atomic E-state index is 4.28. The highest BCUT2D eigenvalue weighted by atomic mass is 14.8. The lowest BCUT2D eigenvalue weighted by atomic mass is 10.2. The normalized spacial score (nSPS) is 11.3. The van der Waals surface area contributed by atoms with Crippen molar-refractivity contribution in [3.05, 3.63) is 95.6 Å². The standard InChI is InChI=1S/C20H16N2/c1-3-7-17(8-4-1)11-13-19-15-20(22-16-21-19)14-12-18-9-5-2-6-10-18/h1-16H. The van der Waals surface area contributed by atoms with Crippen molar-refractivity contribution in [1.82, 2.24) is 9.97 Å². The van der Waals surface area contributed by atoms with Gasteiger partial charge in [-0.2, -0.15) is 0 Å². The Bertz CT molecular complexity index is 710. The summed E-state index contributed by atoms with van der Waals surface area (Å²) >= 11 is 0. The third kappa shape index (κ3) is 4.00. The molecule has 2 aromatic carbocycles. The largest absolute Gasteiger partial charge is 0.237 e. The van der Waals surface area contributed by atoms with Crippen molar-refractivity contribution in [1.29, 1.82) is 0 Å². The van der Waals surface area contributed by atoms with Crippen LogP contribution < -0.4 is 0 Å². The average molecular weight is 284 g/mol. The van der Waals surface area contributed by atoms with Crippen LogP contribution >= 0.6 is 0 Å². The molecule has 22 heavy (non-hydrogen) atoms. The number of hydrogen-bond acceptors (Lipinski definition) is 2. The summed E-state index contributed by atoms with van der Waals surface area (Å²) in [4.78, 5) is 8.56. The first-order valence-corrected chi connectivity index (χ1v) is 7.18. The van der Waals surface area contributed by atoms with Gasteiger partial charge in [-0.1, -0.05) is 72.8 Å². The lowest BCUT2D eigenvalue weighted by Gasteiger charge is -1.96. The van der Waals surface area contributed by atoms with Crippen LogP contribution in [0.1, 0.15) is 22.5 Å². The first-order valence-electron chi connectivity index (χ1n) is 7.18. The molecule has 0 bridgehead atoms. The van der Waals surface area contributed by atoms with Crippen LogP contribution in [0.25, 0.3) is 24.3 Å². The Balaban J connectivity index is 1.75. The molecule has 0 N–H and O–H groups in total. The molecule has 0 aliphatic rings. The zero-order valence-electron chi connectivity index (χ0n) is 12.1. The summed E-state index contributed by atoms with van der Waals surface area (Å²) in [5, 5.41) is 0. The summed E-state index contributed by atoms with van der Waals surface area (Å²) in [6.07, 6.45) is 9.68. The van der Waals surface area contributed by atoms with Crippen molar-refractivity contribution in [3.8, 4) is 0 Å². The molecule has 0 atom stereocenters. The fourth-order valence-electron chi connectivity index (χ4n) is 2.06. The number of rotatable bonds is 4. The van der Waals surface area contributed by atoms with E-state index in [1.165, 1.54) is 0 Å². The molecule has 0 aliphatic carbocycles. The lowest BCUT2D eigenvalue weighted by molar-refractivity contribution is 1.14. The van der Waals surface area contributed by atoms with Crippen molar-refractivity contribution in [2.75, 3.05) is 0 Å². The summed E-state index contributed by atoms with van der Waals surface area (Å²) in [5.41, 5.74) is 4.10. The monoisotopic (exact) mass is 284 g/mol. The van der Waals surface area contributed by atoms with Gasteiger partial charge in [-0.3, -0.25) is 0 Å². The van der Waals surface area contributed by atoms with Gasteiger partial charge in [0, 0.05) is 0 Å². The van der Waals surface area contributed by atoms with Crippen LogP contribution in [0.15, 0.2) is 73.1 Å². The second-order valence-corrected chi connectivity index (χ2v) is 4.86. The van der Waals surface area contributed by atoms with Crippen LogP contribution in [0, 0.1) is 0 Å². The zero-order valence-corrected chi connectivity index (χ0v) is 12.1. The molecule has 0 saturated carbocycles. The molecule has 0 spiro atoms. The smallest absolute Gasteiger partial charge is 0.116 e. The van der Waals surface area contributed by atoms with Gasteiger partial charge in [0.25, 0.3) is 0 Å². The van der Waals surface area contributed by atoms with E-state index in [1.807, 2.05) is 66.8 Å². The minimum absolute atomic E-state index is 0.895. The predicted octanol–water partition coefficient (Wildman–Crippen LogP) is 4.82. The summed E-state index contributed by atoms with van der Waals surface area (Å²) in [6.45, 7) is 0. The van der Waals surface area contributed by atoms with Gasteiger partial charge in [0.2, 0.25) is 0 Å². The van der Waals surface area contributed by atoms with Gasteiger partial charge >= 0.3 is 0 Å². The third-order valence-electron chi connectivity index (χ3n) is 3.20. The molecular formula is C20H16N2. The van der Waals surface area contributed by atoms with Crippen LogP contribution in [-0.4, -0.2) is 9.97 Å². The highest BCUT2D eigenvalue weighted by Gasteiger charge is 1.93. The molecule has 0 fully saturated rings.